The lowest BCUT2D eigenvalue weighted by molar-refractivity contribution is -0.188. The Morgan fingerprint density at radius 2 is 1.95 bits per heavy atom. The lowest BCUT2D eigenvalue weighted by atomic mass is 9.81. The van der Waals surface area contributed by atoms with Crippen molar-refractivity contribution in [2.24, 2.45) is 5.92 Å². The molecule has 3 fully saturated rings. The van der Waals surface area contributed by atoms with E-state index in [-0.39, 0.29) is 5.60 Å². The van der Waals surface area contributed by atoms with Crippen LogP contribution in [0.3, 0.4) is 0 Å². The van der Waals surface area contributed by atoms with Crippen LogP contribution in [0.15, 0.2) is 0 Å². The van der Waals surface area contributed by atoms with Gasteiger partial charge in [-0.1, -0.05) is 0 Å². The van der Waals surface area contributed by atoms with Crippen molar-refractivity contribution in [3.05, 3.63) is 0 Å². The van der Waals surface area contributed by atoms with Gasteiger partial charge in [0.25, 0.3) is 0 Å². The zero-order valence-corrected chi connectivity index (χ0v) is 12.0. The van der Waals surface area contributed by atoms with Crippen LogP contribution < -0.4 is 5.32 Å². The molecule has 0 aromatic rings. The Morgan fingerprint density at radius 1 is 1.16 bits per heavy atom. The predicted molar refractivity (Wildman–Crippen MR) is 73.3 cm³/mol. The zero-order chi connectivity index (χ0) is 13.1. The highest BCUT2D eigenvalue weighted by atomic mass is 16.5. The average Bonchev–Trinajstić information content (AvgIpc) is 2.37. The Kier molecular flexibility index (Phi) is 4.42. The van der Waals surface area contributed by atoms with Crippen LogP contribution in [0.1, 0.15) is 38.5 Å². The second-order valence-electron chi connectivity index (χ2n) is 6.41. The summed E-state index contributed by atoms with van der Waals surface area (Å²) in [6.07, 6.45) is 7.59. The minimum Gasteiger partial charge on any atom is -0.381 e. The Labute approximate surface area is 116 Å². The van der Waals surface area contributed by atoms with E-state index in [4.69, 9.17) is 14.2 Å². The van der Waals surface area contributed by atoms with Crippen LogP contribution in [0.25, 0.3) is 0 Å². The van der Waals surface area contributed by atoms with Gasteiger partial charge >= 0.3 is 0 Å². The number of ether oxygens (including phenoxy) is 3. The van der Waals surface area contributed by atoms with Crippen molar-refractivity contribution >= 4 is 0 Å². The Morgan fingerprint density at radius 3 is 2.68 bits per heavy atom. The molecule has 2 heterocycles. The minimum absolute atomic E-state index is 0.0648. The van der Waals surface area contributed by atoms with Crippen molar-refractivity contribution in [2.75, 3.05) is 33.4 Å². The largest absolute Gasteiger partial charge is 0.381 e. The molecule has 0 bridgehead atoms. The summed E-state index contributed by atoms with van der Waals surface area (Å²) in [5, 5.41) is 3.25. The third kappa shape index (κ3) is 3.30. The molecule has 1 unspecified atom stereocenters. The van der Waals surface area contributed by atoms with Gasteiger partial charge in [-0.3, -0.25) is 0 Å². The number of hydrogen-bond acceptors (Lipinski definition) is 4. The molecular formula is C15H27NO3. The van der Waals surface area contributed by atoms with Crippen molar-refractivity contribution in [3.8, 4) is 0 Å². The van der Waals surface area contributed by atoms with E-state index >= 15 is 0 Å². The standard InChI is InChI=1S/C15H27NO3/c1-16-11-12-8-14(9-12)19-13-2-5-18-15(10-13)3-6-17-7-4-15/h12-14,16H,2-11H2,1H3. The van der Waals surface area contributed by atoms with Crippen LogP contribution in [-0.2, 0) is 14.2 Å². The van der Waals surface area contributed by atoms with E-state index in [0.717, 1.165) is 58.0 Å². The van der Waals surface area contributed by atoms with Gasteiger partial charge < -0.3 is 19.5 Å². The fourth-order valence-electron chi connectivity index (χ4n) is 3.70. The highest BCUT2D eigenvalue weighted by Crippen LogP contribution is 2.38. The normalized spacial score (nSPS) is 38.1. The summed E-state index contributed by atoms with van der Waals surface area (Å²) >= 11 is 0. The van der Waals surface area contributed by atoms with E-state index in [2.05, 4.69) is 5.32 Å². The smallest absolute Gasteiger partial charge is 0.0751 e. The van der Waals surface area contributed by atoms with Crippen LogP contribution >= 0.6 is 0 Å². The summed E-state index contributed by atoms with van der Waals surface area (Å²) in [4.78, 5) is 0. The fraction of sp³-hybridized carbons (Fsp3) is 1.00. The van der Waals surface area contributed by atoms with Gasteiger partial charge in [0.05, 0.1) is 17.8 Å². The molecule has 0 amide bonds. The van der Waals surface area contributed by atoms with Gasteiger partial charge in [0, 0.05) is 26.2 Å². The summed E-state index contributed by atoms with van der Waals surface area (Å²) in [6.45, 7) is 3.69. The van der Waals surface area contributed by atoms with Crippen LogP contribution in [0.4, 0.5) is 0 Å². The topological polar surface area (TPSA) is 39.7 Å². The third-order valence-corrected chi connectivity index (χ3v) is 4.92. The average molecular weight is 269 g/mol. The summed E-state index contributed by atoms with van der Waals surface area (Å²) in [6, 6.07) is 0. The molecule has 1 aliphatic carbocycles. The van der Waals surface area contributed by atoms with Gasteiger partial charge in [-0.15, -0.1) is 0 Å². The van der Waals surface area contributed by atoms with Crippen molar-refractivity contribution in [1.82, 2.24) is 5.32 Å². The number of nitrogens with one attached hydrogen (secondary N) is 1. The van der Waals surface area contributed by atoms with Gasteiger partial charge in [-0.25, -0.2) is 0 Å². The molecule has 2 aliphatic heterocycles. The molecule has 4 heteroatoms. The molecule has 4 nitrogen and oxygen atoms in total. The van der Waals surface area contributed by atoms with Gasteiger partial charge in [-0.2, -0.15) is 0 Å². The molecule has 0 aromatic carbocycles. The van der Waals surface area contributed by atoms with Crippen molar-refractivity contribution in [1.29, 1.82) is 0 Å². The molecule has 1 atom stereocenters. The molecule has 2 saturated heterocycles. The van der Waals surface area contributed by atoms with Gasteiger partial charge in [0.1, 0.15) is 0 Å². The SMILES string of the molecule is CNCC1CC(OC2CCOC3(CCOCC3)C2)C1. The van der Waals surface area contributed by atoms with Gasteiger partial charge in [0.15, 0.2) is 0 Å². The van der Waals surface area contributed by atoms with Crippen molar-refractivity contribution < 1.29 is 14.2 Å². The maximum absolute atomic E-state index is 6.28. The lowest BCUT2D eigenvalue weighted by Crippen LogP contribution is -2.48. The first-order chi connectivity index (χ1) is 9.30. The van der Waals surface area contributed by atoms with E-state index in [1.807, 2.05) is 7.05 Å². The first-order valence-corrected chi connectivity index (χ1v) is 7.81. The van der Waals surface area contributed by atoms with E-state index in [9.17, 15) is 0 Å². The summed E-state index contributed by atoms with van der Waals surface area (Å²) in [5.74, 6) is 0.826. The molecule has 3 rings (SSSR count). The second-order valence-corrected chi connectivity index (χ2v) is 6.41. The molecule has 19 heavy (non-hydrogen) atoms. The van der Waals surface area contributed by atoms with Crippen molar-refractivity contribution in [2.45, 2.75) is 56.3 Å². The van der Waals surface area contributed by atoms with E-state index in [1.165, 1.54) is 12.8 Å². The first-order valence-electron chi connectivity index (χ1n) is 7.81. The monoisotopic (exact) mass is 269 g/mol. The Balaban J connectivity index is 1.44. The van der Waals surface area contributed by atoms with Crippen LogP contribution in [0.5, 0.6) is 0 Å². The van der Waals surface area contributed by atoms with E-state index < -0.39 is 0 Å². The van der Waals surface area contributed by atoms with Gasteiger partial charge in [0.2, 0.25) is 0 Å². The molecular weight excluding hydrogens is 242 g/mol. The van der Waals surface area contributed by atoms with E-state index in [0.29, 0.717) is 12.2 Å². The number of rotatable bonds is 4. The zero-order valence-electron chi connectivity index (χ0n) is 12.0. The quantitative estimate of drug-likeness (QED) is 0.844. The second kappa shape index (κ2) is 6.08. The number of hydrogen-bond donors (Lipinski definition) is 1. The van der Waals surface area contributed by atoms with Crippen LogP contribution in [0.2, 0.25) is 0 Å². The molecule has 0 aromatic heterocycles. The molecule has 1 N–H and O–H groups in total. The minimum atomic E-state index is 0.0648. The van der Waals surface area contributed by atoms with E-state index in [1.54, 1.807) is 0 Å². The van der Waals surface area contributed by atoms with Crippen molar-refractivity contribution in [3.63, 3.8) is 0 Å². The lowest BCUT2D eigenvalue weighted by Gasteiger charge is -2.45. The fourth-order valence-corrected chi connectivity index (χ4v) is 3.70. The summed E-state index contributed by atoms with van der Waals surface area (Å²) < 4.78 is 17.8. The molecule has 3 aliphatic rings. The maximum Gasteiger partial charge on any atom is 0.0751 e. The highest BCUT2D eigenvalue weighted by Gasteiger charge is 2.41. The maximum atomic E-state index is 6.28. The van der Waals surface area contributed by atoms with Crippen LogP contribution in [0, 0.1) is 5.92 Å². The molecule has 0 radical (unpaired) electrons. The third-order valence-electron chi connectivity index (χ3n) is 4.92. The summed E-state index contributed by atoms with van der Waals surface area (Å²) in [7, 11) is 2.03. The molecule has 1 saturated carbocycles. The predicted octanol–water partition coefficient (Wildman–Crippen LogP) is 1.73. The molecule has 1 spiro atoms. The van der Waals surface area contributed by atoms with Crippen LogP contribution in [-0.4, -0.2) is 51.2 Å². The Hall–Kier alpha value is -0.160. The highest BCUT2D eigenvalue weighted by molar-refractivity contribution is 4.91. The first kappa shape index (κ1) is 13.8. The summed E-state index contributed by atoms with van der Waals surface area (Å²) in [5.41, 5.74) is 0.0648. The van der Waals surface area contributed by atoms with Gasteiger partial charge in [-0.05, 0) is 51.6 Å². The molecule has 110 valence electrons. The Bertz CT molecular complexity index is 280.